The van der Waals surface area contributed by atoms with Gasteiger partial charge in [-0.2, -0.15) is 0 Å². The highest BCUT2D eigenvalue weighted by Crippen LogP contribution is 2.08. The van der Waals surface area contributed by atoms with Gasteiger partial charge in [-0.05, 0) is 72.1 Å². The van der Waals surface area contributed by atoms with E-state index in [0.717, 1.165) is 19.6 Å². The first-order valence-electron chi connectivity index (χ1n) is 6.96. The molecule has 25 heavy (non-hydrogen) atoms. The second-order valence-corrected chi connectivity index (χ2v) is 6.82. The predicted octanol–water partition coefficient (Wildman–Crippen LogP) is 5.05. The number of H-pyrrole nitrogens is 1. The van der Waals surface area contributed by atoms with Crippen molar-refractivity contribution in [1.82, 2.24) is 29.5 Å². The highest BCUT2D eigenvalue weighted by molar-refractivity contribution is 9.11. The number of nitrogens with one attached hydrogen (secondary N) is 1. The number of nitrogens with zero attached hydrogens (tertiary/aromatic N) is 5. The van der Waals surface area contributed by atoms with Gasteiger partial charge in [0, 0.05) is 18.6 Å². The van der Waals surface area contributed by atoms with Gasteiger partial charge in [0.15, 0.2) is 0 Å². The average molecular weight is 529 g/mol. The molecular weight excluding hydrogens is 516 g/mol. The second-order valence-electron chi connectivity index (χ2n) is 4.34. The van der Waals surface area contributed by atoms with E-state index in [2.05, 4.69) is 72.7 Å². The lowest BCUT2D eigenvalue weighted by Gasteiger charge is -1.97. The molecule has 0 aliphatic carbocycles. The van der Waals surface area contributed by atoms with Crippen molar-refractivity contribution in [2.45, 2.75) is 0 Å². The molecule has 0 saturated carbocycles. The molecule has 1 N–H and O–H groups in total. The number of rotatable bonds is 1. The Morgan fingerprint density at radius 3 is 1.96 bits per heavy atom. The Balaban J connectivity index is 0.000000148. The first-order valence-corrected chi connectivity index (χ1v) is 9.34. The third-order valence-electron chi connectivity index (χ3n) is 2.56. The van der Waals surface area contributed by atoms with Crippen LogP contribution in [0.15, 0.2) is 87.6 Å². The number of hydrogen-bond acceptors (Lipinski definition) is 4. The summed E-state index contributed by atoms with van der Waals surface area (Å²) < 4.78 is 4.47. The van der Waals surface area contributed by atoms with Crippen molar-refractivity contribution >= 4 is 47.8 Å². The van der Waals surface area contributed by atoms with Crippen LogP contribution in [0.4, 0.5) is 0 Å². The molecule has 0 aromatic carbocycles. The molecule has 4 rings (SSSR count). The van der Waals surface area contributed by atoms with E-state index in [9.17, 15) is 0 Å². The Morgan fingerprint density at radius 2 is 1.60 bits per heavy atom. The van der Waals surface area contributed by atoms with Crippen molar-refractivity contribution < 1.29 is 0 Å². The Kier molecular flexibility index (Phi) is 8.50. The zero-order chi connectivity index (χ0) is 17.9. The van der Waals surface area contributed by atoms with Gasteiger partial charge in [0.1, 0.15) is 26.0 Å². The maximum absolute atomic E-state index is 4.16. The molecule has 0 unspecified atom stereocenters. The maximum Gasteiger partial charge on any atom is 0.137 e. The van der Waals surface area contributed by atoms with Crippen LogP contribution in [-0.2, 0) is 0 Å². The van der Waals surface area contributed by atoms with E-state index in [1.807, 2.05) is 47.2 Å². The van der Waals surface area contributed by atoms with Crippen LogP contribution in [0.25, 0.3) is 5.82 Å². The Hall–Kier alpha value is -1.84. The SMILES string of the molecule is Brc1ccccn1.Brc1cn(-c2ccccn2)cn1.Brc1cnc[nH]1. The van der Waals surface area contributed by atoms with Crippen LogP contribution in [0.5, 0.6) is 0 Å². The van der Waals surface area contributed by atoms with Crippen molar-refractivity contribution in [3.63, 3.8) is 0 Å². The van der Waals surface area contributed by atoms with Crippen LogP contribution in [0.3, 0.4) is 0 Å². The van der Waals surface area contributed by atoms with Crippen molar-refractivity contribution in [3.05, 3.63) is 87.6 Å². The summed E-state index contributed by atoms with van der Waals surface area (Å²) in [5, 5.41) is 0. The molecule has 128 valence electrons. The molecule has 0 atom stereocenters. The molecule has 0 bridgehead atoms. The summed E-state index contributed by atoms with van der Waals surface area (Å²) in [6.07, 6.45) is 10.4. The topological polar surface area (TPSA) is 72.3 Å². The lowest BCUT2D eigenvalue weighted by molar-refractivity contribution is 0.993. The molecule has 4 aromatic rings. The van der Waals surface area contributed by atoms with Crippen LogP contribution >= 0.6 is 47.8 Å². The molecule has 0 fully saturated rings. The molecule has 0 radical (unpaired) electrons. The first kappa shape index (κ1) is 19.5. The number of imidazole rings is 2. The normalized spacial score (nSPS) is 9.40. The van der Waals surface area contributed by atoms with Crippen molar-refractivity contribution in [2.24, 2.45) is 0 Å². The molecule has 0 saturated heterocycles. The zero-order valence-electron chi connectivity index (χ0n) is 12.8. The summed E-state index contributed by atoms with van der Waals surface area (Å²) in [4.78, 5) is 18.6. The van der Waals surface area contributed by atoms with Gasteiger partial charge in [0.25, 0.3) is 0 Å². The maximum atomic E-state index is 4.16. The van der Waals surface area contributed by atoms with E-state index >= 15 is 0 Å². The van der Waals surface area contributed by atoms with E-state index in [1.165, 1.54) is 0 Å². The Morgan fingerprint density at radius 1 is 0.840 bits per heavy atom. The summed E-state index contributed by atoms with van der Waals surface area (Å²) in [5.41, 5.74) is 0. The van der Waals surface area contributed by atoms with Crippen molar-refractivity contribution in [2.75, 3.05) is 0 Å². The number of aromatic nitrogens is 6. The van der Waals surface area contributed by atoms with Gasteiger partial charge in [-0.1, -0.05) is 12.1 Å². The smallest absolute Gasteiger partial charge is 0.137 e. The molecule has 4 aromatic heterocycles. The van der Waals surface area contributed by atoms with Crippen molar-refractivity contribution in [3.8, 4) is 5.82 Å². The molecule has 0 aliphatic rings. The van der Waals surface area contributed by atoms with Gasteiger partial charge in [0.2, 0.25) is 0 Å². The summed E-state index contributed by atoms with van der Waals surface area (Å²) >= 11 is 9.63. The minimum atomic E-state index is 0.813. The summed E-state index contributed by atoms with van der Waals surface area (Å²) in [7, 11) is 0. The van der Waals surface area contributed by atoms with Gasteiger partial charge in [-0.25, -0.2) is 19.9 Å². The number of pyridine rings is 2. The second kappa shape index (κ2) is 10.9. The van der Waals surface area contributed by atoms with Gasteiger partial charge in [-0.15, -0.1) is 0 Å². The van der Waals surface area contributed by atoms with E-state index in [0.29, 0.717) is 0 Å². The number of halogens is 3. The monoisotopic (exact) mass is 526 g/mol. The van der Waals surface area contributed by atoms with Crippen LogP contribution in [0.2, 0.25) is 0 Å². The quantitative estimate of drug-likeness (QED) is 0.351. The molecular formula is C16H13Br3N6. The lowest BCUT2D eigenvalue weighted by Crippen LogP contribution is -1.91. The van der Waals surface area contributed by atoms with Crippen LogP contribution in [0.1, 0.15) is 0 Å². The molecule has 0 amide bonds. The fourth-order valence-electron chi connectivity index (χ4n) is 1.51. The van der Waals surface area contributed by atoms with Crippen molar-refractivity contribution in [1.29, 1.82) is 0 Å². The number of hydrogen-bond donors (Lipinski definition) is 1. The highest BCUT2D eigenvalue weighted by Gasteiger charge is 1.96. The van der Waals surface area contributed by atoms with E-state index in [1.54, 1.807) is 31.2 Å². The predicted molar refractivity (Wildman–Crippen MR) is 107 cm³/mol. The standard InChI is InChI=1S/C8H6BrN3.C5H4BrN.C3H3BrN2/c9-7-5-12(6-11-7)8-3-1-2-4-10-8;6-5-3-1-2-4-7-5;4-3-1-5-2-6-3/h1-6H;1-4H;1-2H,(H,5,6). The Labute approximate surface area is 170 Å². The van der Waals surface area contributed by atoms with Crippen LogP contribution in [0, 0.1) is 0 Å². The Bertz CT molecular complexity index is 835. The third-order valence-corrected chi connectivity index (χ3v) is 3.87. The fourth-order valence-corrected chi connectivity index (χ4v) is 2.31. The van der Waals surface area contributed by atoms with Gasteiger partial charge in [0.05, 0.1) is 12.5 Å². The van der Waals surface area contributed by atoms with Crippen LogP contribution < -0.4 is 0 Å². The lowest BCUT2D eigenvalue weighted by atomic mass is 10.5. The summed E-state index contributed by atoms with van der Waals surface area (Å²) in [6, 6.07) is 11.4. The van der Waals surface area contributed by atoms with E-state index in [-0.39, 0.29) is 0 Å². The average Bonchev–Trinajstić information content (AvgIpc) is 3.29. The number of aromatic amines is 1. The van der Waals surface area contributed by atoms with E-state index in [4.69, 9.17) is 0 Å². The van der Waals surface area contributed by atoms with E-state index < -0.39 is 0 Å². The summed E-state index contributed by atoms with van der Waals surface area (Å²) in [6.45, 7) is 0. The molecule has 0 spiro atoms. The van der Waals surface area contributed by atoms with Crippen LogP contribution in [-0.4, -0.2) is 29.5 Å². The molecule has 9 heteroatoms. The minimum Gasteiger partial charge on any atom is -0.339 e. The van der Waals surface area contributed by atoms with Gasteiger partial charge in [-0.3, -0.25) is 4.57 Å². The first-order chi connectivity index (χ1) is 12.1. The summed E-state index contributed by atoms with van der Waals surface area (Å²) in [5.74, 6) is 0.871. The highest BCUT2D eigenvalue weighted by atomic mass is 79.9. The minimum absolute atomic E-state index is 0.813. The van der Waals surface area contributed by atoms with Gasteiger partial charge >= 0.3 is 0 Å². The fraction of sp³-hybridized carbons (Fsp3) is 0. The molecule has 0 aliphatic heterocycles. The molecule has 4 heterocycles. The zero-order valence-corrected chi connectivity index (χ0v) is 17.6. The third kappa shape index (κ3) is 7.72. The van der Waals surface area contributed by atoms with Gasteiger partial charge < -0.3 is 4.98 Å². The molecule has 6 nitrogen and oxygen atoms in total. The largest absolute Gasteiger partial charge is 0.339 e.